The maximum atomic E-state index is 12.3. The van der Waals surface area contributed by atoms with Crippen LogP contribution in [-0.4, -0.2) is 44.8 Å². The van der Waals surface area contributed by atoms with Crippen LogP contribution < -0.4 is 10.2 Å². The molecule has 2 fully saturated rings. The van der Waals surface area contributed by atoms with Gasteiger partial charge >= 0.3 is 0 Å². The van der Waals surface area contributed by atoms with Gasteiger partial charge in [-0.25, -0.2) is 9.97 Å². The molecule has 1 saturated heterocycles. The number of amides is 1. The molecule has 2 aliphatic rings. The lowest BCUT2D eigenvalue weighted by molar-refractivity contribution is 0.0934. The van der Waals surface area contributed by atoms with Gasteiger partial charge in [0.1, 0.15) is 0 Å². The van der Waals surface area contributed by atoms with Gasteiger partial charge in [-0.05, 0) is 25.3 Å². The largest absolute Gasteiger partial charge is 0.346 e. The number of carbonyl (C=O) groups is 1. The second kappa shape index (κ2) is 6.05. The molecule has 0 radical (unpaired) electrons. The Hall–Kier alpha value is -2.15. The van der Waals surface area contributed by atoms with E-state index >= 15 is 0 Å². The summed E-state index contributed by atoms with van der Waals surface area (Å²) in [5, 5.41) is 7.47. The number of carbonyl (C=O) groups excluding carboxylic acids is 1. The van der Waals surface area contributed by atoms with E-state index in [2.05, 4.69) is 25.3 Å². The van der Waals surface area contributed by atoms with Crippen LogP contribution >= 0.6 is 11.6 Å². The standard InChI is InChI=1S/C16H19ClN6O/c1-22-9-12(17)14(21-22)15(24)19-11-5-7-23(8-11)16-18-6-4-13(20-16)10-2-3-10/h4,6,9-11H,2-3,5,7-8H2,1H3,(H,19,24). The molecule has 7 nitrogen and oxygen atoms in total. The lowest BCUT2D eigenvalue weighted by Gasteiger charge is -2.17. The van der Waals surface area contributed by atoms with Crippen LogP contribution in [0, 0.1) is 0 Å². The van der Waals surface area contributed by atoms with Crippen molar-refractivity contribution >= 4 is 23.5 Å². The number of hydrogen-bond acceptors (Lipinski definition) is 5. The Labute approximate surface area is 145 Å². The van der Waals surface area contributed by atoms with Gasteiger partial charge in [-0.3, -0.25) is 9.48 Å². The molecule has 1 N–H and O–H groups in total. The van der Waals surface area contributed by atoms with Crippen LogP contribution in [0.15, 0.2) is 18.5 Å². The number of halogens is 1. The van der Waals surface area contributed by atoms with E-state index in [4.69, 9.17) is 11.6 Å². The molecule has 3 heterocycles. The van der Waals surface area contributed by atoms with E-state index in [1.165, 1.54) is 17.5 Å². The predicted molar refractivity (Wildman–Crippen MR) is 90.3 cm³/mol. The molecule has 126 valence electrons. The average molecular weight is 347 g/mol. The quantitative estimate of drug-likeness (QED) is 0.912. The molecule has 1 unspecified atom stereocenters. The second-order valence-electron chi connectivity index (χ2n) is 6.46. The molecular formula is C16H19ClN6O. The Kier molecular flexibility index (Phi) is 3.88. The number of aryl methyl sites for hydroxylation is 1. The van der Waals surface area contributed by atoms with Crippen molar-refractivity contribution in [3.8, 4) is 0 Å². The molecule has 1 aliphatic carbocycles. The molecule has 0 spiro atoms. The normalized spacial score (nSPS) is 20.4. The Balaban J connectivity index is 1.40. The summed E-state index contributed by atoms with van der Waals surface area (Å²) in [6.07, 6.45) is 6.75. The van der Waals surface area contributed by atoms with E-state index in [1.54, 1.807) is 13.2 Å². The first-order chi connectivity index (χ1) is 11.6. The van der Waals surface area contributed by atoms with Crippen LogP contribution in [0.5, 0.6) is 0 Å². The molecule has 24 heavy (non-hydrogen) atoms. The van der Waals surface area contributed by atoms with Crippen LogP contribution in [0.4, 0.5) is 5.95 Å². The number of hydrogen-bond donors (Lipinski definition) is 1. The SMILES string of the molecule is Cn1cc(Cl)c(C(=O)NC2CCN(c3nccc(C4CC4)n3)C2)n1. The molecule has 0 aromatic carbocycles. The Morgan fingerprint density at radius 2 is 2.21 bits per heavy atom. The first-order valence-corrected chi connectivity index (χ1v) is 8.56. The molecule has 1 saturated carbocycles. The van der Waals surface area contributed by atoms with Gasteiger partial charge < -0.3 is 10.2 Å². The van der Waals surface area contributed by atoms with Gasteiger partial charge in [-0.1, -0.05) is 11.6 Å². The van der Waals surface area contributed by atoms with Gasteiger partial charge in [0.25, 0.3) is 5.91 Å². The topological polar surface area (TPSA) is 75.9 Å². The summed E-state index contributed by atoms with van der Waals surface area (Å²) < 4.78 is 1.54. The van der Waals surface area contributed by atoms with Gasteiger partial charge in [-0.2, -0.15) is 5.10 Å². The van der Waals surface area contributed by atoms with E-state index in [1.807, 2.05) is 12.3 Å². The Morgan fingerprint density at radius 1 is 1.38 bits per heavy atom. The minimum Gasteiger partial charge on any atom is -0.346 e. The number of anilines is 1. The van der Waals surface area contributed by atoms with Gasteiger partial charge in [0.15, 0.2) is 5.69 Å². The molecule has 4 rings (SSSR count). The third kappa shape index (κ3) is 3.08. The fourth-order valence-corrected chi connectivity index (χ4v) is 3.31. The lowest BCUT2D eigenvalue weighted by atomic mass is 10.2. The number of aromatic nitrogens is 4. The van der Waals surface area contributed by atoms with Crippen molar-refractivity contribution in [1.29, 1.82) is 0 Å². The van der Waals surface area contributed by atoms with Gasteiger partial charge in [0.05, 0.1) is 5.02 Å². The van der Waals surface area contributed by atoms with Crippen molar-refractivity contribution < 1.29 is 4.79 Å². The summed E-state index contributed by atoms with van der Waals surface area (Å²) in [5.41, 5.74) is 1.40. The molecule has 2 aromatic rings. The van der Waals surface area contributed by atoms with Crippen LogP contribution in [0.25, 0.3) is 0 Å². The summed E-state index contributed by atoms with van der Waals surface area (Å²) in [6.45, 7) is 1.53. The minimum absolute atomic E-state index is 0.0451. The van der Waals surface area contributed by atoms with Crippen LogP contribution in [0.2, 0.25) is 5.02 Å². The van der Waals surface area contributed by atoms with Gasteiger partial charge in [0, 0.05) is 50.2 Å². The molecule has 1 atom stereocenters. The van der Waals surface area contributed by atoms with Crippen LogP contribution in [0.3, 0.4) is 0 Å². The van der Waals surface area contributed by atoms with E-state index in [-0.39, 0.29) is 17.6 Å². The average Bonchev–Trinajstić information content (AvgIpc) is 3.23. The molecular weight excluding hydrogens is 328 g/mol. The zero-order valence-corrected chi connectivity index (χ0v) is 14.2. The van der Waals surface area contributed by atoms with Crippen molar-refractivity contribution in [2.75, 3.05) is 18.0 Å². The van der Waals surface area contributed by atoms with Crippen molar-refractivity contribution in [2.45, 2.75) is 31.2 Å². The highest BCUT2D eigenvalue weighted by molar-refractivity contribution is 6.33. The monoisotopic (exact) mass is 346 g/mol. The molecule has 2 aromatic heterocycles. The fraction of sp³-hybridized carbons (Fsp3) is 0.500. The highest BCUT2D eigenvalue weighted by Crippen LogP contribution is 2.39. The molecule has 1 aliphatic heterocycles. The molecule has 0 bridgehead atoms. The summed E-state index contributed by atoms with van der Waals surface area (Å²) >= 11 is 6.03. The van der Waals surface area contributed by atoms with Crippen molar-refractivity contribution in [3.63, 3.8) is 0 Å². The zero-order chi connectivity index (χ0) is 16.7. The molecule has 1 amide bonds. The second-order valence-corrected chi connectivity index (χ2v) is 6.87. The van der Waals surface area contributed by atoms with Crippen LogP contribution in [0.1, 0.15) is 41.4 Å². The van der Waals surface area contributed by atoms with E-state index < -0.39 is 0 Å². The van der Waals surface area contributed by atoms with Crippen molar-refractivity contribution in [2.24, 2.45) is 7.05 Å². The maximum absolute atomic E-state index is 12.3. The van der Waals surface area contributed by atoms with Crippen LogP contribution in [-0.2, 0) is 7.05 Å². The van der Waals surface area contributed by atoms with E-state index in [0.717, 1.165) is 24.6 Å². The summed E-state index contributed by atoms with van der Waals surface area (Å²) in [4.78, 5) is 23.5. The van der Waals surface area contributed by atoms with Gasteiger partial charge in [-0.15, -0.1) is 0 Å². The number of nitrogens with one attached hydrogen (secondary N) is 1. The smallest absolute Gasteiger partial charge is 0.273 e. The Bertz CT molecular complexity index is 772. The third-order valence-electron chi connectivity index (χ3n) is 4.47. The van der Waals surface area contributed by atoms with E-state index in [0.29, 0.717) is 17.5 Å². The van der Waals surface area contributed by atoms with Crippen molar-refractivity contribution in [3.05, 3.63) is 34.9 Å². The van der Waals surface area contributed by atoms with E-state index in [9.17, 15) is 4.79 Å². The number of rotatable bonds is 4. The summed E-state index contributed by atoms with van der Waals surface area (Å²) in [7, 11) is 1.74. The fourth-order valence-electron chi connectivity index (χ4n) is 3.05. The summed E-state index contributed by atoms with van der Waals surface area (Å²) in [5.74, 6) is 1.13. The predicted octanol–water partition coefficient (Wildman–Crippen LogP) is 1.75. The maximum Gasteiger partial charge on any atom is 0.273 e. The minimum atomic E-state index is -0.236. The highest BCUT2D eigenvalue weighted by atomic mass is 35.5. The first-order valence-electron chi connectivity index (χ1n) is 8.18. The first kappa shape index (κ1) is 15.4. The lowest BCUT2D eigenvalue weighted by Crippen LogP contribution is -2.37. The Morgan fingerprint density at radius 3 is 2.92 bits per heavy atom. The highest BCUT2D eigenvalue weighted by Gasteiger charge is 2.29. The number of nitrogens with zero attached hydrogens (tertiary/aromatic N) is 5. The van der Waals surface area contributed by atoms with Crippen molar-refractivity contribution in [1.82, 2.24) is 25.1 Å². The molecule has 8 heteroatoms. The summed E-state index contributed by atoms with van der Waals surface area (Å²) in [6, 6.07) is 2.04. The zero-order valence-electron chi connectivity index (χ0n) is 13.4. The van der Waals surface area contributed by atoms with Gasteiger partial charge in [0.2, 0.25) is 5.95 Å². The third-order valence-corrected chi connectivity index (χ3v) is 4.74.